The summed E-state index contributed by atoms with van der Waals surface area (Å²) in [7, 11) is 0. The molecule has 0 N–H and O–H groups in total. The molecule has 4 rings (SSSR count). The maximum atomic E-state index is 13.8. The van der Waals surface area contributed by atoms with Gasteiger partial charge in [0.2, 0.25) is 5.91 Å². The van der Waals surface area contributed by atoms with Crippen molar-refractivity contribution < 1.29 is 14.3 Å². The molecule has 182 valence electrons. The largest absolute Gasteiger partial charge is 0.487 e. The van der Waals surface area contributed by atoms with Crippen molar-refractivity contribution in [1.29, 1.82) is 0 Å². The molecule has 1 heterocycles. The molecule has 2 saturated carbocycles. The molecule has 5 nitrogen and oxygen atoms in total. The number of amides is 2. The van der Waals surface area contributed by atoms with Crippen molar-refractivity contribution in [3.8, 4) is 5.75 Å². The Balaban J connectivity index is 1.63. The summed E-state index contributed by atoms with van der Waals surface area (Å²) in [6.45, 7) is 4.32. The third-order valence-corrected chi connectivity index (χ3v) is 7.95. The van der Waals surface area contributed by atoms with Gasteiger partial charge in [-0.2, -0.15) is 0 Å². The number of ether oxygens (including phenoxy) is 1. The van der Waals surface area contributed by atoms with Crippen molar-refractivity contribution in [3.63, 3.8) is 0 Å². The fourth-order valence-electron chi connectivity index (χ4n) is 6.02. The van der Waals surface area contributed by atoms with Crippen LogP contribution >= 0.6 is 0 Å². The van der Waals surface area contributed by atoms with E-state index < -0.39 is 0 Å². The summed E-state index contributed by atoms with van der Waals surface area (Å²) in [5.41, 5.74) is 0.657. The van der Waals surface area contributed by atoms with Crippen LogP contribution in [0.3, 0.4) is 0 Å². The van der Waals surface area contributed by atoms with Gasteiger partial charge in [-0.25, -0.2) is 0 Å². The Morgan fingerprint density at radius 1 is 0.879 bits per heavy atom. The van der Waals surface area contributed by atoms with E-state index in [1.165, 1.54) is 25.7 Å². The number of carbonyl (C=O) groups excluding carboxylic acids is 2. The van der Waals surface area contributed by atoms with Crippen LogP contribution in [-0.2, 0) is 4.79 Å². The molecule has 1 aromatic rings. The monoisotopic (exact) mass is 454 g/mol. The molecule has 2 fully saturated rings. The van der Waals surface area contributed by atoms with Crippen LogP contribution in [0.4, 0.5) is 0 Å². The molecule has 2 aliphatic carbocycles. The number of para-hydroxylation sites is 1. The molecular weight excluding hydrogens is 412 g/mol. The number of benzene rings is 1. The number of hydrogen-bond donors (Lipinski definition) is 0. The number of rotatable bonds is 2. The molecule has 0 radical (unpaired) electrons. The molecule has 2 atom stereocenters. The Hall–Kier alpha value is -2.04. The number of fused-ring (bicyclic) bond motifs is 2. The average molecular weight is 455 g/mol. The zero-order chi connectivity index (χ0) is 23.0. The fraction of sp³-hybridized carbons (Fsp3) is 0.714. The summed E-state index contributed by atoms with van der Waals surface area (Å²) in [6, 6.07) is 7.82. The van der Waals surface area contributed by atoms with E-state index in [0.717, 1.165) is 70.9 Å². The van der Waals surface area contributed by atoms with Crippen LogP contribution in [0.5, 0.6) is 5.75 Å². The summed E-state index contributed by atoms with van der Waals surface area (Å²) in [4.78, 5) is 31.3. The van der Waals surface area contributed by atoms with E-state index in [1.807, 2.05) is 36.1 Å². The minimum Gasteiger partial charge on any atom is -0.487 e. The molecule has 3 aliphatic rings. The van der Waals surface area contributed by atoms with Crippen LogP contribution in [0.25, 0.3) is 0 Å². The van der Waals surface area contributed by atoms with Crippen molar-refractivity contribution in [2.75, 3.05) is 19.6 Å². The highest BCUT2D eigenvalue weighted by atomic mass is 16.5. The van der Waals surface area contributed by atoms with Crippen molar-refractivity contribution >= 4 is 11.8 Å². The van der Waals surface area contributed by atoms with E-state index in [-0.39, 0.29) is 24.0 Å². The van der Waals surface area contributed by atoms with Gasteiger partial charge in [0, 0.05) is 25.6 Å². The lowest BCUT2D eigenvalue weighted by Crippen LogP contribution is -2.52. The van der Waals surface area contributed by atoms with Gasteiger partial charge in [0.1, 0.15) is 11.9 Å². The van der Waals surface area contributed by atoms with E-state index in [1.54, 1.807) is 0 Å². The summed E-state index contributed by atoms with van der Waals surface area (Å²) < 4.78 is 6.63. The SMILES string of the molecule is CCN1CCCCCN(C(=O)C2CCCCCC2)[C@@H]2CCCC[C@@H]2Oc2ccccc2C1=O. The van der Waals surface area contributed by atoms with Crippen LogP contribution in [0.1, 0.15) is 101 Å². The van der Waals surface area contributed by atoms with Crippen LogP contribution in [0.2, 0.25) is 0 Å². The molecule has 2 amide bonds. The van der Waals surface area contributed by atoms with Crippen molar-refractivity contribution in [1.82, 2.24) is 9.80 Å². The van der Waals surface area contributed by atoms with Gasteiger partial charge in [0.15, 0.2) is 0 Å². The lowest BCUT2D eigenvalue weighted by molar-refractivity contribution is -0.141. The fourth-order valence-corrected chi connectivity index (χ4v) is 6.02. The van der Waals surface area contributed by atoms with Crippen molar-refractivity contribution in [3.05, 3.63) is 29.8 Å². The Labute approximate surface area is 199 Å². The van der Waals surface area contributed by atoms with E-state index in [0.29, 0.717) is 23.8 Å². The van der Waals surface area contributed by atoms with Crippen molar-refractivity contribution in [2.45, 2.75) is 103 Å². The second kappa shape index (κ2) is 11.9. The van der Waals surface area contributed by atoms with Gasteiger partial charge in [-0.05, 0) is 70.4 Å². The molecule has 0 saturated heterocycles. The first-order valence-corrected chi connectivity index (χ1v) is 13.5. The molecule has 33 heavy (non-hydrogen) atoms. The highest BCUT2D eigenvalue weighted by molar-refractivity contribution is 5.97. The van der Waals surface area contributed by atoms with Crippen LogP contribution in [0.15, 0.2) is 24.3 Å². The van der Waals surface area contributed by atoms with Crippen molar-refractivity contribution in [2.24, 2.45) is 5.92 Å². The number of carbonyl (C=O) groups is 2. The third kappa shape index (κ3) is 5.91. The predicted octanol–water partition coefficient (Wildman–Crippen LogP) is 5.82. The minimum atomic E-state index is -0.0433. The minimum absolute atomic E-state index is 0.0433. The van der Waals surface area contributed by atoms with E-state index in [9.17, 15) is 9.59 Å². The Kier molecular flexibility index (Phi) is 8.69. The standard InChI is InChI=1S/C28H42N2O3/c1-2-29-20-12-5-13-21-30(27(31)22-14-6-3-4-7-15-22)24-17-9-11-19-26(24)33-25-18-10-8-16-23(25)28(29)32/h8,10,16,18,22,24,26H,2-7,9,11-15,17,19-21H2,1H3/t24-,26+/m1/s1. The molecule has 0 spiro atoms. The zero-order valence-corrected chi connectivity index (χ0v) is 20.5. The molecule has 1 aromatic carbocycles. The predicted molar refractivity (Wildman–Crippen MR) is 131 cm³/mol. The maximum absolute atomic E-state index is 13.8. The molecule has 0 unspecified atom stereocenters. The van der Waals surface area contributed by atoms with E-state index in [2.05, 4.69) is 4.90 Å². The maximum Gasteiger partial charge on any atom is 0.257 e. The molecule has 0 aromatic heterocycles. The second-order valence-corrected chi connectivity index (χ2v) is 10.2. The summed E-state index contributed by atoms with van der Waals surface area (Å²) >= 11 is 0. The summed E-state index contributed by atoms with van der Waals surface area (Å²) in [6.07, 6.45) is 14.1. The Morgan fingerprint density at radius 2 is 1.55 bits per heavy atom. The molecule has 0 bridgehead atoms. The second-order valence-electron chi connectivity index (χ2n) is 10.2. The number of hydrogen-bond acceptors (Lipinski definition) is 3. The average Bonchev–Trinajstić information content (AvgIpc) is 3.13. The smallest absolute Gasteiger partial charge is 0.257 e. The quantitative estimate of drug-likeness (QED) is 0.529. The molecule has 1 aliphatic heterocycles. The highest BCUT2D eigenvalue weighted by Crippen LogP contribution is 2.33. The van der Waals surface area contributed by atoms with Crippen LogP contribution in [0, 0.1) is 5.92 Å². The zero-order valence-electron chi connectivity index (χ0n) is 20.5. The van der Waals surface area contributed by atoms with Crippen LogP contribution in [-0.4, -0.2) is 53.4 Å². The third-order valence-electron chi connectivity index (χ3n) is 7.95. The highest BCUT2D eigenvalue weighted by Gasteiger charge is 2.37. The normalized spacial score (nSPS) is 26.0. The first kappa shape index (κ1) is 24.1. The first-order chi connectivity index (χ1) is 16.2. The lowest BCUT2D eigenvalue weighted by Gasteiger charge is -2.41. The molecular formula is C28H42N2O3. The number of nitrogens with zero attached hydrogens (tertiary/aromatic N) is 2. The molecule has 5 heteroatoms. The van der Waals surface area contributed by atoms with Gasteiger partial charge >= 0.3 is 0 Å². The van der Waals surface area contributed by atoms with Gasteiger partial charge in [-0.15, -0.1) is 0 Å². The van der Waals surface area contributed by atoms with E-state index in [4.69, 9.17) is 4.74 Å². The van der Waals surface area contributed by atoms with Gasteiger partial charge in [-0.3, -0.25) is 9.59 Å². The summed E-state index contributed by atoms with van der Waals surface area (Å²) in [5.74, 6) is 1.28. The van der Waals surface area contributed by atoms with Gasteiger partial charge in [0.25, 0.3) is 5.91 Å². The summed E-state index contributed by atoms with van der Waals surface area (Å²) in [5, 5.41) is 0. The lowest BCUT2D eigenvalue weighted by atomic mass is 9.89. The van der Waals surface area contributed by atoms with Gasteiger partial charge in [-0.1, -0.05) is 44.2 Å². The topological polar surface area (TPSA) is 49.9 Å². The van der Waals surface area contributed by atoms with Gasteiger partial charge in [0.05, 0.1) is 11.6 Å². The first-order valence-electron chi connectivity index (χ1n) is 13.5. The Bertz CT molecular complexity index is 787. The Morgan fingerprint density at radius 3 is 2.33 bits per heavy atom. The van der Waals surface area contributed by atoms with Gasteiger partial charge < -0.3 is 14.5 Å². The van der Waals surface area contributed by atoms with E-state index >= 15 is 0 Å². The van der Waals surface area contributed by atoms with Crippen LogP contribution < -0.4 is 4.74 Å².